The summed E-state index contributed by atoms with van der Waals surface area (Å²) in [7, 11) is 0. The Morgan fingerprint density at radius 3 is 3.10 bits per heavy atom. The van der Waals surface area contributed by atoms with Crippen LogP contribution in [0.5, 0.6) is 0 Å². The molecule has 1 fully saturated rings. The normalized spacial score (nSPS) is 21.4. The second-order valence-electron chi connectivity index (χ2n) is 5.05. The van der Waals surface area contributed by atoms with Crippen molar-refractivity contribution in [1.82, 2.24) is 20.4 Å². The molecular weight excluding hydrogens is 260 g/mol. The van der Waals surface area contributed by atoms with E-state index in [9.17, 15) is 4.79 Å². The summed E-state index contributed by atoms with van der Waals surface area (Å²) < 4.78 is 10.1. The molecule has 7 nitrogen and oxygen atoms in total. The van der Waals surface area contributed by atoms with E-state index in [4.69, 9.17) is 9.26 Å². The van der Waals surface area contributed by atoms with Gasteiger partial charge in [-0.25, -0.2) is 4.79 Å². The predicted molar refractivity (Wildman–Crippen MR) is 72.2 cm³/mol. The molecule has 0 saturated carbocycles. The molecule has 0 radical (unpaired) electrons. The fourth-order valence-corrected chi connectivity index (χ4v) is 2.45. The largest absolute Gasteiger partial charge is 0.450 e. The number of hydrogen-bond acceptors (Lipinski definition) is 6. The number of ether oxygens (including phenoxy) is 1. The van der Waals surface area contributed by atoms with Gasteiger partial charge in [0.1, 0.15) is 0 Å². The Labute approximate surface area is 118 Å². The van der Waals surface area contributed by atoms with E-state index in [2.05, 4.69) is 20.4 Å². The van der Waals surface area contributed by atoms with E-state index >= 15 is 0 Å². The van der Waals surface area contributed by atoms with Gasteiger partial charge in [0.25, 0.3) is 0 Å². The van der Waals surface area contributed by atoms with Crippen LogP contribution in [-0.2, 0) is 4.74 Å². The van der Waals surface area contributed by atoms with Crippen LogP contribution in [0, 0.1) is 6.92 Å². The second kappa shape index (κ2) is 6.69. The Balaban J connectivity index is 1.91. The minimum atomic E-state index is -0.347. The number of aryl methyl sites for hydroxylation is 1. The van der Waals surface area contributed by atoms with E-state index < -0.39 is 0 Å². The summed E-state index contributed by atoms with van der Waals surface area (Å²) in [5, 5.41) is 6.71. The topological polar surface area (TPSA) is 80.5 Å². The Kier molecular flexibility index (Phi) is 4.94. The molecule has 1 aliphatic heterocycles. The average molecular weight is 282 g/mol. The fraction of sp³-hybridized carbons (Fsp3) is 0.769. The van der Waals surface area contributed by atoms with E-state index in [-0.39, 0.29) is 18.2 Å². The molecular formula is C13H22N4O3. The van der Waals surface area contributed by atoms with Crippen molar-refractivity contribution in [3.05, 3.63) is 11.7 Å². The molecule has 7 heteroatoms. The van der Waals surface area contributed by atoms with Crippen molar-refractivity contribution in [2.45, 2.75) is 45.7 Å². The molecule has 112 valence electrons. The molecule has 1 aromatic rings. The quantitative estimate of drug-likeness (QED) is 0.904. The van der Waals surface area contributed by atoms with Crippen LogP contribution in [0.4, 0.5) is 4.79 Å². The van der Waals surface area contributed by atoms with Gasteiger partial charge in [0, 0.05) is 12.6 Å². The lowest BCUT2D eigenvalue weighted by Gasteiger charge is -2.35. The second-order valence-corrected chi connectivity index (χ2v) is 5.05. The van der Waals surface area contributed by atoms with Crippen LogP contribution in [0.15, 0.2) is 4.52 Å². The number of rotatable bonds is 4. The number of likely N-dealkylation sites (tertiary alicyclic amines) is 1. The van der Waals surface area contributed by atoms with Gasteiger partial charge in [0.2, 0.25) is 5.89 Å². The smallest absolute Gasteiger partial charge is 0.407 e. The number of piperidine rings is 1. The fourth-order valence-electron chi connectivity index (χ4n) is 2.45. The summed E-state index contributed by atoms with van der Waals surface area (Å²) in [6.07, 6.45) is 1.64. The first-order chi connectivity index (χ1) is 9.60. The highest BCUT2D eigenvalue weighted by atomic mass is 16.5. The van der Waals surface area contributed by atoms with Crippen molar-refractivity contribution in [3.63, 3.8) is 0 Å². The maximum atomic E-state index is 11.5. The lowest BCUT2D eigenvalue weighted by molar-refractivity contribution is 0.110. The maximum Gasteiger partial charge on any atom is 0.407 e. The third-order valence-corrected chi connectivity index (χ3v) is 3.50. The van der Waals surface area contributed by atoms with Crippen LogP contribution >= 0.6 is 0 Å². The van der Waals surface area contributed by atoms with Gasteiger partial charge in [0.05, 0.1) is 12.6 Å². The van der Waals surface area contributed by atoms with E-state index in [1.165, 1.54) is 0 Å². The van der Waals surface area contributed by atoms with E-state index in [0.29, 0.717) is 18.3 Å². The van der Waals surface area contributed by atoms with Gasteiger partial charge >= 0.3 is 6.09 Å². The minimum Gasteiger partial charge on any atom is -0.450 e. The summed E-state index contributed by atoms with van der Waals surface area (Å²) in [6, 6.07) is 0.164. The Morgan fingerprint density at radius 2 is 2.45 bits per heavy atom. The number of alkyl carbamates (subject to hydrolysis) is 1. The third kappa shape index (κ3) is 3.69. The molecule has 0 spiro atoms. The summed E-state index contributed by atoms with van der Waals surface area (Å²) >= 11 is 0. The molecule has 0 aromatic carbocycles. The predicted octanol–water partition coefficient (Wildman–Crippen LogP) is 1.65. The molecule has 0 unspecified atom stereocenters. The molecule has 20 heavy (non-hydrogen) atoms. The highest BCUT2D eigenvalue weighted by Gasteiger charge is 2.28. The number of hydrogen-bond donors (Lipinski definition) is 1. The molecule has 1 saturated heterocycles. The van der Waals surface area contributed by atoms with Crippen molar-refractivity contribution < 1.29 is 14.1 Å². The summed E-state index contributed by atoms with van der Waals surface area (Å²) in [5.74, 6) is 1.27. The number of aromatic nitrogens is 2. The number of amides is 1. The van der Waals surface area contributed by atoms with E-state index in [1.54, 1.807) is 13.8 Å². The summed E-state index contributed by atoms with van der Waals surface area (Å²) in [5.41, 5.74) is 0. The molecule has 1 N–H and O–H groups in total. The molecule has 1 amide bonds. The molecule has 0 aliphatic carbocycles. The summed E-state index contributed by atoms with van der Waals surface area (Å²) in [4.78, 5) is 18.0. The highest BCUT2D eigenvalue weighted by molar-refractivity contribution is 5.67. The Bertz CT molecular complexity index is 449. The highest BCUT2D eigenvalue weighted by Crippen LogP contribution is 2.23. The lowest BCUT2D eigenvalue weighted by atomic mass is 10.0. The zero-order valence-corrected chi connectivity index (χ0v) is 12.3. The van der Waals surface area contributed by atoms with Crippen LogP contribution in [0.3, 0.4) is 0 Å². The van der Waals surface area contributed by atoms with E-state index in [0.717, 1.165) is 25.9 Å². The van der Waals surface area contributed by atoms with Gasteiger partial charge in [-0.05, 0) is 40.2 Å². The molecule has 0 bridgehead atoms. The van der Waals surface area contributed by atoms with Crippen molar-refractivity contribution >= 4 is 6.09 Å². The van der Waals surface area contributed by atoms with Crippen LogP contribution in [-0.4, -0.2) is 46.9 Å². The molecule has 1 aromatic heterocycles. The molecule has 2 heterocycles. The molecule has 2 rings (SSSR count). The van der Waals surface area contributed by atoms with Gasteiger partial charge < -0.3 is 14.6 Å². The van der Waals surface area contributed by atoms with Crippen LogP contribution in [0.25, 0.3) is 0 Å². The summed E-state index contributed by atoms with van der Waals surface area (Å²) in [6.45, 7) is 7.76. The van der Waals surface area contributed by atoms with Gasteiger partial charge in [-0.1, -0.05) is 5.16 Å². The number of nitrogens with one attached hydrogen (secondary N) is 1. The van der Waals surface area contributed by atoms with E-state index in [1.807, 2.05) is 6.92 Å². The Morgan fingerprint density at radius 1 is 1.65 bits per heavy atom. The van der Waals surface area contributed by atoms with Crippen LogP contribution in [0.2, 0.25) is 0 Å². The van der Waals surface area contributed by atoms with Gasteiger partial charge in [-0.15, -0.1) is 0 Å². The minimum absolute atomic E-state index is 0.0583. The van der Waals surface area contributed by atoms with Crippen molar-refractivity contribution in [2.75, 3.05) is 19.7 Å². The van der Waals surface area contributed by atoms with Crippen LogP contribution < -0.4 is 5.32 Å². The lowest BCUT2D eigenvalue weighted by Crippen LogP contribution is -2.48. The number of carbonyl (C=O) groups is 1. The van der Waals surface area contributed by atoms with Gasteiger partial charge in [-0.3, -0.25) is 4.90 Å². The number of carbonyl (C=O) groups excluding carboxylic acids is 1. The van der Waals surface area contributed by atoms with Gasteiger partial charge in [-0.2, -0.15) is 4.98 Å². The average Bonchev–Trinajstić information content (AvgIpc) is 2.85. The third-order valence-electron chi connectivity index (χ3n) is 3.50. The first kappa shape index (κ1) is 14.8. The first-order valence-electron chi connectivity index (χ1n) is 7.07. The first-order valence-corrected chi connectivity index (χ1v) is 7.07. The molecule has 1 aliphatic rings. The standard InChI is InChI=1S/C13H22N4O3/c1-4-19-13(18)15-11-6-5-7-17(8-11)9(2)12-14-10(3)16-20-12/h9,11H,4-8H2,1-3H3,(H,15,18)/t9-,11-/m0/s1. The van der Waals surface area contributed by atoms with Crippen LogP contribution in [0.1, 0.15) is 44.4 Å². The SMILES string of the molecule is CCOC(=O)N[C@H]1CCCN([C@@H](C)c2nc(C)no2)C1. The maximum absolute atomic E-state index is 11.5. The number of nitrogens with zero attached hydrogens (tertiary/aromatic N) is 3. The van der Waals surface area contributed by atoms with Crippen molar-refractivity contribution in [2.24, 2.45) is 0 Å². The zero-order chi connectivity index (χ0) is 14.5. The van der Waals surface area contributed by atoms with Crippen molar-refractivity contribution in [1.29, 1.82) is 0 Å². The monoisotopic (exact) mass is 282 g/mol. The zero-order valence-electron chi connectivity index (χ0n) is 12.3. The van der Waals surface area contributed by atoms with Crippen molar-refractivity contribution in [3.8, 4) is 0 Å². The molecule has 2 atom stereocenters. The Hall–Kier alpha value is -1.63. The van der Waals surface area contributed by atoms with Gasteiger partial charge in [0.15, 0.2) is 5.82 Å².